The van der Waals surface area contributed by atoms with E-state index >= 15 is 4.39 Å². The first-order valence-corrected chi connectivity index (χ1v) is 16.1. The normalized spacial score (nSPS) is 15.5. The van der Waals surface area contributed by atoms with Gasteiger partial charge in [0.15, 0.2) is 11.0 Å². The van der Waals surface area contributed by atoms with Crippen LogP contribution in [0, 0.1) is 5.82 Å². The van der Waals surface area contributed by atoms with Crippen LogP contribution >= 0.6 is 11.6 Å². The van der Waals surface area contributed by atoms with E-state index in [1.54, 1.807) is 27.0 Å². The third-order valence-electron chi connectivity index (χ3n) is 6.27. The summed E-state index contributed by atoms with van der Waals surface area (Å²) in [5.74, 6) is -1.01. The largest absolute Gasteiger partial charge is 0.443 e. The second-order valence-corrected chi connectivity index (χ2v) is 17.4. The van der Waals surface area contributed by atoms with E-state index < -0.39 is 31.5 Å². The van der Waals surface area contributed by atoms with E-state index in [-0.39, 0.29) is 18.4 Å². The van der Waals surface area contributed by atoms with Gasteiger partial charge in [-0.05, 0) is 50.8 Å². The molecule has 3 heterocycles. The van der Waals surface area contributed by atoms with Crippen LogP contribution in [0.5, 0.6) is 0 Å². The molecule has 0 saturated carbocycles. The molecule has 0 unspecified atom stereocenters. The molecule has 0 atom stereocenters. The van der Waals surface area contributed by atoms with Crippen LogP contribution in [0.3, 0.4) is 0 Å². The number of nitrogens with zero attached hydrogens (tertiary/aromatic N) is 3. The minimum atomic E-state index is -1.30. The van der Waals surface area contributed by atoms with Crippen molar-refractivity contribution in [3.8, 4) is 11.3 Å². The predicted octanol–water partition coefficient (Wildman–Crippen LogP) is 5.69. The molecule has 2 aromatic heterocycles. The number of fused-ring (bicyclic) bond motifs is 5. The van der Waals surface area contributed by atoms with Crippen molar-refractivity contribution < 1.29 is 23.5 Å². The van der Waals surface area contributed by atoms with Crippen LogP contribution in [0.4, 0.5) is 9.18 Å². The number of aromatic nitrogens is 2. The van der Waals surface area contributed by atoms with Gasteiger partial charge in [0.25, 0.3) is 5.91 Å². The van der Waals surface area contributed by atoms with Crippen molar-refractivity contribution in [3.05, 3.63) is 39.6 Å². The number of pyridine rings is 1. The summed E-state index contributed by atoms with van der Waals surface area (Å²) in [5.41, 5.74) is 2.92. The highest BCUT2D eigenvalue weighted by Gasteiger charge is 2.40. The zero-order valence-corrected chi connectivity index (χ0v) is 23.0. The molecular formula is C25H33ClFN3O4Si. The van der Waals surface area contributed by atoms with E-state index in [1.807, 2.05) is 4.57 Å². The van der Waals surface area contributed by atoms with Gasteiger partial charge in [0.1, 0.15) is 12.3 Å². The van der Waals surface area contributed by atoms with Crippen LogP contribution < -0.4 is 0 Å². The first-order chi connectivity index (χ1) is 16.3. The highest BCUT2D eigenvalue weighted by Crippen LogP contribution is 2.43. The summed E-state index contributed by atoms with van der Waals surface area (Å²) in [6.07, 6.45) is 2.41. The Balaban J connectivity index is 1.78. The lowest BCUT2D eigenvalue weighted by atomic mass is 9.88. The zero-order valence-electron chi connectivity index (χ0n) is 21.3. The molecule has 2 aromatic rings. The quantitative estimate of drug-likeness (QED) is 0.287. The minimum Gasteiger partial charge on any atom is -0.443 e. The Labute approximate surface area is 211 Å². The van der Waals surface area contributed by atoms with Crippen molar-refractivity contribution in [2.45, 2.75) is 78.1 Å². The lowest BCUT2D eigenvalue weighted by Gasteiger charge is -2.29. The molecule has 0 spiro atoms. The summed E-state index contributed by atoms with van der Waals surface area (Å²) in [7, 11) is -1.30. The Kier molecular flexibility index (Phi) is 6.89. The van der Waals surface area contributed by atoms with Crippen molar-refractivity contribution in [1.82, 2.24) is 14.5 Å². The lowest BCUT2D eigenvalue weighted by Crippen LogP contribution is -2.45. The van der Waals surface area contributed by atoms with E-state index in [9.17, 15) is 9.59 Å². The molecule has 2 amide bonds. The van der Waals surface area contributed by atoms with Crippen LogP contribution in [-0.2, 0) is 35.5 Å². The maximum absolute atomic E-state index is 15.3. The second-order valence-electron chi connectivity index (χ2n) is 11.4. The van der Waals surface area contributed by atoms with Gasteiger partial charge in [0.05, 0.1) is 11.3 Å². The summed E-state index contributed by atoms with van der Waals surface area (Å²) in [4.78, 5) is 31.5. The monoisotopic (exact) mass is 521 g/mol. The third kappa shape index (κ3) is 5.17. The van der Waals surface area contributed by atoms with Gasteiger partial charge in [-0.25, -0.2) is 19.1 Å². The van der Waals surface area contributed by atoms with Gasteiger partial charge in [0, 0.05) is 45.1 Å². The molecule has 4 rings (SSSR count). The molecule has 1 aliphatic heterocycles. The van der Waals surface area contributed by atoms with Crippen LogP contribution in [0.1, 0.15) is 48.0 Å². The van der Waals surface area contributed by atoms with Crippen molar-refractivity contribution >= 4 is 31.7 Å². The van der Waals surface area contributed by atoms with Gasteiger partial charge in [-0.3, -0.25) is 4.79 Å². The Hall–Kier alpha value is -2.23. The molecule has 35 heavy (non-hydrogen) atoms. The van der Waals surface area contributed by atoms with Gasteiger partial charge in [0.2, 0.25) is 0 Å². The average Bonchev–Trinajstić information content (AvgIpc) is 3.06. The van der Waals surface area contributed by atoms with Gasteiger partial charge in [-0.15, -0.1) is 0 Å². The Morgan fingerprint density at radius 3 is 2.57 bits per heavy atom. The SMILES string of the molecule is CC(C)(C)OC(=O)N1CCc2c(c3c(n2COCC[Si](C)(C)C)-c2c(cnc(Cl)c2F)CC3)C1=O. The summed E-state index contributed by atoms with van der Waals surface area (Å²) in [5, 5.41) is -0.205. The second kappa shape index (κ2) is 9.33. The topological polar surface area (TPSA) is 73.7 Å². The highest BCUT2D eigenvalue weighted by molar-refractivity contribution is 6.76. The molecular weight excluding hydrogens is 489 g/mol. The van der Waals surface area contributed by atoms with Gasteiger partial charge >= 0.3 is 6.09 Å². The van der Waals surface area contributed by atoms with Crippen LogP contribution in [-0.4, -0.2) is 53.3 Å². The van der Waals surface area contributed by atoms with Crippen LogP contribution in [0.15, 0.2) is 6.20 Å². The summed E-state index contributed by atoms with van der Waals surface area (Å²) >= 11 is 6.06. The number of amides is 2. The molecule has 0 bridgehead atoms. The number of rotatable bonds is 5. The maximum atomic E-state index is 15.3. The third-order valence-corrected chi connectivity index (χ3v) is 8.24. The molecule has 0 N–H and O–H groups in total. The molecule has 0 saturated heterocycles. The smallest absolute Gasteiger partial charge is 0.417 e. The summed E-state index contributed by atoms with van der Waals surface area (Å²) in [6, 6.07) is 0.991. The molecule has 0 fully saturated rings. The number of carbonyl (C=O) groups excluding carboxylic acids is 2. The van der Waals surface area contributed by atoms with Gasteiger partial charge in [-0.1, -0.05) is 31.2 Å². The molecule has 1 aliphatic carbocycles. The summed E-state index contributed by atoms with van der Waals surface area (Å²) in [6.45, 7) is 13.1. The number of carbonyl (C=O) groups is 2. The van der Waals surface area contributed by atoms with Gasteiger partial charge < -0.3 is 14.0 Å². The molecule has 0 radical (unpaired) electrons. The fraction of sp³-hybridized carbons (Fsp3) is 0.560. The fourth-order valence-electron chi connectivity index (χ4n) is 4.59. The lowest BCUT2D eigenvalue weighted by molar-refractivity contribution is 0.0230. The first-order valence-electron chi connectivity index (χ1n) is 12.0. The van der Waals surface area contributed by atoms with E-state index in [4.69, 9.17) is 21.1 Å². The maximum Gasteiger partial charge on any atom is 0.417 e. The van der Waals surface area contributed by atoms with E-state index in [1.165, 1.54) is 0 Å². The Bertz CT molecular complexity index is 1180. The molecule has 2 aliphatic rings. The highest BCUT2D eigenvalue weighted by atomic mass is 35.5. The predicted molar refractivity (Wildman–Crippen MR) is 135 cm³/mol. The van der Waals surface area contributed by atoms with Crippen LogP contribution in [0.25, 0.3) is 11.3 Å². The van der Waals surface area contributed by atoms with Crippen molar-refractivity contribution in [2.75, 3.05) is 13.2 Å². The van der Waals surface area contributed by atoms with Gasteiger partial charge in [-0.2, -0.15) is 0 Å². The molecule has 10 heteroatoms. The number of aryl methyl sites for hydroxylation is 1. The number of ether oxygens (including phenoxy) is 2. The first kappa shape index (κ1) is 25.8. The fourth-order valence-corrected chi connectivity index (χ4v) is 5.49. The van der Waals surface area contributed by atoms with Crippen molar-refractivity contribution in [2.24, 2.45) is 0 Å². The summed E-state index contributed by atoms with van der Waals surface area (Å²) < 4.78 is 28.8. The average molecular weight is 522 g/mol. The molecule has 190 valence electrons. The Morgan fingerprint density at radius 1 is 1.20 bits per heavy atom. The number of hydrogen-bond acceptors (Lipinski definition) is 5. The standard InChI is InChI=1S/C25H33ClFN3O4Si/c1-25(2,3)34-24(32)29-10-9-17-19(23(29)31)16-8-7-15-13-28-22(26)20(27)18(15)21(16)30(17)14-33-11-12-35(4,5)6/h13H,7-12,14H2,1-6H3. The van der Waals surface area contributed by atoms with Crippen molar-refractivity contribution in [3.63, 3.8) is 0 Å². The number of imide groups is 1. The van der Waals surface area contributed by atoms with Crippen molar-refractivity contribution in [1.29, 1.82) is 0 Å². The van der Waals surface area contributed by atoms with E-state index in [0.717, 1.165) is 27.8 Å². The van der Waals surface area contributed by atoms with E-state index in [0.29, 0.717) is 42.7 Å². The molecule has 0 aromatic carbocycles. The van der Waals surface area contributed by atoms with Crippen LogP contribution in [0.2, 0.25) is 30.8 Å². The van der Waals surface area contributed by atoms with E-state index in [2.05, 4.69) is 24.6 Å². The molecule has 7 nitrogen and oxygen atoms in total. The number of halogens is 2. The number of hydrogen-bond donors (Lipinski definition) is 0. The zero-order chi connectivity index (χ0) is 25.7. The Morgan fingerprint density at radius 2 is 1.91 bits per heavy atom. The minimum absolute atomic E-state index is 0.186.